The Morgan fingerprint density at radius 3 is 2.67 bits per heavy atom. The van der Waals surface area contributed by atoms with E-state index in [1.54, 1.807) is 6.92 Å². The second-order valence-electron chi connectivity index (χ2n) is 6.52. The minimum atomic E-state index is -0.442. The number of anilines is 1. The molecule has 1 fully saturated rings. The van der Waals surface area contributed by atoms with Crippen molar-refractivity contribution in [1.29, 1.82) is 0 Å². The molecule has 1 amide bonds. The molecule has 1 unspecified atom stereocenters. The highest BCUT2D eigenvalue weighted by Gasteiger charge is 2.24. The molecule has 2 heterocycles. The lowest BCUT2D eigenvalue weighted by atomic mass is 10.1. The maximum absolute atomic E-state index is 11.7. The maximum atomic E-state index is 11.7. The van der Waals surface area contributed by atoms with E-state index in [0.29, 0.717) is 18.7 Å². The van der Waals surface area contributed by atoms with Crippen molar-refractivity contribution < 1.29 is 14.3 Å². The smallest absolute Gasteiger partial charge is 0.265 e. The first-order valence-corrected chi connectivity index (χ1v) is 8.62. The quantitative estimate of drug-likeness (QED) is 0.886. The van der Waals surface area contributed by atoms with Crippen molar-refractivity contribution in [2.24, 2.45) is 0 Å². The maximum Gasteiger partial charge on any atom is 0.265 e. The molecule has 6 nitrogen and oxygen atoms in total. The van der Waals surface area contributed by atoms with Gasteiger partial charge in [0, 0.05) is 39.1 Å². The summed E-state index contributed by atoms with van der Waals surface area (Å²) in [6.07, 6.45) is 0.170. The van der Waals surface area contributed by atoms with Crippen molar-refractivity contribution in [3.8, 4) is 5.75 Å². The van der Waals surface area contributed by atoms with E-state index < -0.39 is 6.10 Å². The Labute approximate surface area is 142 Å². The van der Waals surface area contributed by atoms with Crippen molar-refractivity contribution in [2.75, 3.05) is 38.0 Å². The number of fused-ring (bicyclic) bond motifs is 1. The van der Waals surface area contributed by atoms with Gasteiger partial charge in [-0.2, -0.15) is 0 Å². The highest BCUT2D eigenvalue weighted by molar-refractivity contribution is 5.97. The lowest BCUT2D eigenvalue weighted by Crippen LogP contribution is -2.47. The van der Waals surface area contributed by atoms with Crippen molar-refractivity contribution in [1.82, 2.24) is 9.80 Å². The predicted octanol–water partition coefficient (Wildman–Crippen LogP) is 1.50. The van der Waals surface area contributed by atoms with Crippen LogP contribution in [-0.4, -0.2) is 60.3 Å². The molecule has 1 aromatic carbocycles. The number of Topliss-reactive ketones (excluding diaryl/α,β-unsaturated/α-hetero) is 1. The molecule has 2 aliphatic heterocycles. The number of hydrogen-bond acceptors (Lipinski definition) is 5. The molecule has 0 aliphatic carbocycles. The molecule has 1 saturated heterocycles. The predicted molar refractivity (Wildman–Crippen MR) is 92.2 cm³/mol. The van der Waals surface area contributed by atoms with Crippen LogP contribution in [0.2, 0.25) is 0 Å². The number of amides is 1. The summed E-state index contributed by atoms with van der Waals surface area (Å²) in [4.78, 5) is 27.9. The van der Waals surface area contributed by atoms with Crippen molar-refractivity contribution in [3.63, 3.8) is 0 Å². The number of ketones is 1. The summed E-state index contributed by atoms with van der Waals surface area (Å²) >= 11 is 0. The van der Waals surface area contributed by atoms with Crippen LogP contribution in [0.4, 0.5) is 5.69 Å². The van der Waals surface area contributed by atoms with E-state index >= 15 is 0 Å². The van der Waals surface area contributed by atoms with E-state index in [4.69, 9.17) is 4.74 Å². The van der Waals surface area contributed by atoms with Crippen LogP contribution in [0, 0.1) is 0 Å². The number of ether oxygens (including phenoxy) is 1. The number of carbonyl (C=O) groups is 2. The van der Waals surface area contributed by atoms with Gasteiger partial charge in [-0.25, -0.2) is 0 Å². The van der Waals surface area contributed by atoms with Gasteiger partial charge in [0.25, 0.3) is 5.91 Å². The summed E-state index contributed by atoms with van der Waals surface area (Å²) in [5.41, 5.74) is 1.91. The SMILES string of the molecule is CCC(=O)CN1CCN(Cc2ccc3c(c2)NC(=O)C(C)O3)CC1. The zero-order valence-corrected chi connectivity index (χ0v) is 14.4. The Bertz CT molecular complexity index is 624. The Hall–Kier alpha value is -1.92. The summed E-state index contributed by atoms with van der Waals surface area (Å²) in [6, 6.07) is 5.97. The first kappa shape index (κ1) is 16.9. The lowest BCUT2D eigenvalue weighted by Gasteiger charge is -2.34. The van der Waals surface area contributed by atoms with Crippen LogP contribution in [0.3, 0.4) is 0 Å². The third-order valence-electron chi connectivity index (χ3n) is 4.64. The van der Waals surface area contributed by atoms with Crippen LogP contribution in [0.25, 0.3) is 0 Å². The standard InChI is InChI=1S/C18H25N3O3/c1-3-15(22)12-21-8-6-20(7-9-21)11-14-4-5-17-16(10-14)19-18(23)13(2)24-17/h4-5,10,13H,3,6-9,11-12H2,1-2H3,(H,19,23). The number of piperazine rings is 1. The molecule has 0 spiro atoms. The number of nitrogens with one attached hydrogen (secondary N) is 1. The van der Waals surface area contributed by atoms with Crippen molar-refractivity contribution >= 4 is 17.4 Å². The van der Waals surface area contributed by atoms with E-state index in [9.17, 15) is 9.59 Å². The number of carbonyl (C=O) groups excluding carboxylic acids is 2. The zero-order valence-electron chi connectivity index (χ0n) is 14.4. The van der Waals surface area contributed by atoms with E-state index in [1.165, 1.54) is 0 Å². The monoisotopic (exact) mass is 331 g/mol. The fraction of sp³-hybridized carbons (Fsp3) is 0.556. The molecule has 24 heavy (non-hydrogen) atoms. The lowest BCUT2D eigenvalue weighted by molar-refractivity contribution is -0.122. The average molecular weight is 331 g/mol. The molecule has 130 valence electrons. The summed E-state index contributed by atoms with van der Waals surface area (Å²) in [5, 5.41) is 2.89. The van der Waals surface area contributed by atoms with Crippen LogP contribution in [0.15, 0.2) is 18.2 Å². The molecule has 2 aliphatic rings. The Balaban J connectivity index is 1.55. The highest BCUT2D eigenvalue weighted by Crippen LogP contribution is 2.30. The molecule has 1 aromatic rings. The molecule has 0 saturated carbocycles. The normalized spacial score (nSPS) is 21.8. The fourth-order valence-corrected chi connectivity index (χ4v) is 3.08. The largest absolute Gasteiger partial charge is 0.479 e. The zero-order chi connectivity index (χ0) is 17.1. The molecule has 0 bridgehead atoms. The number of benzene rings is 1. The summed E-state index contributed by atoms with van der Waals surface area (Å²) < 4.78 is 5.59. The minimum absolute atomic E-state index is 0.103. The van der Waals surface area contributed by atoms with E-state index in [1.807, 2.05) is 19.1 Å². The third-order valence-corrected chi connectivity index (χ3v) is 4.64. The van der Waals surface area contributed by atoms with Crippen LogP contribution in [0.1, 0.15) is 25.8 Å². The topological polar surface area (TPSA) is 61.9 Å². The van der Waals surface area contributed by atoms with Crippen LogP contribution in [-0.2, 0) is 16.1 Å². The summed E-state index contributed by atoms with van der Waals surface area (Å²) in [5.74, 6) is 0.936. The van der Waals surface area contributed by atoms with Crippen molar-refractivity contribution in [3.05, 3.63) is 23.8 Å². The van der Waals surface area contributed by atoms with Gasteiger partial charge in [0.15, 0.2) is 6.10 Å². The molecule has 1 N–H and O–H groups in total. The minimum Gasteiger partial charge on any atom is -0.479 e. The first-order valence-electron chi connectivity index (χ1n) is 8.62. The van der Waals surface area contributed by atoms with Gasteiger partial charge < -0.3 is 10.1 Å². The van der Waals surface area contributed by atoms with Crippen LogP contribution >= 0.6 is 0 Å². The second kappa shape index (κ2) is 7.32. The van der Waals surface area contributed by atoms with Crippen LogP contribution in [0.5, 0.6) is 5.75 Å². The van der Waals surface area contributed by atoms with Crippen molar-refractivity contribution in [2.45, 2.75) is 32.9 Å². The summed E-state index contributed by atoms with van der Waals surface area (Å²) in [7, 11) is 0. The molecular formula is C18H25N3O3. The van der Waals surface area contributed by atoms with E-state index in [0.717, 1.165) is 49.7 Å². The third kappa shape index (κ3) is 3.94. The Morgan fingerprint density at radius 2 is 1.96 bits per heavy atom. The van der Waals surface area contributed by atoms with Gasteiger partial charge in [-0.05, 0) is 24.6 Å². The van der Waals surface area contributed by atoms with Gasteiger partial charge in [0.05, 0.1) is 12.2 Å². The van der Waals surface area contributed by atoms with Gasteiger partial charge in [-0.3, -0.25) is 19.4 Å². The molecule has 0 aromatic heterocycles. The molecule has 0 radical (unpaired) electrons. The Morgan fingerprint density at radius 1 is 1.25 bits per heavy atom. The van der Waals surface area contributed by atoms with Gasteiger partial charge >= 0.3 is 0 Å². The van der Waals surface area contributed by atoms with E-state index in [-0.39, 0.29) is 5.91 Å². The van der Waals surface area contributed by atoms with Crippen LogP contribution < -0.4 is 10.1 Å². The van der Waals surface area contributed by atoms with E-state index in [2.05, 4.69) is 21.2 Å². The summed E-state index contributed by atoms with van der Waals surface area (Å²) in [6.45, 7) is 8.83. The first-order chi connectivity index (χ1) is 11.5. The molecule has 3 rings (SSSR count). The Kier molecular flexibility index (Phi) is 5.16. The van der Waals surface area contributed by atoms with Gasteiger partial charge in [0.1, 0.15) is 11.5 Å². The highest BCUT2D eigenvalue weighted by atomic mass is 16.5. The molecular weight excluding hydrogens is 306 g/mol. The van der Waals surface area contributed by atoms with Gasteiger partial charge in [-0.15, -0.1) is 0 Å². The fourth-order valence-electron chi connectivity index (χ4n) is 3.08. The average Bonchev–Trinajstić information content (AvgIpc) is 2.58. The number of hydrogen-bond donors (Lipinski definition) is 1. The number of rotatable bonds is 5. The van der Waals surface area contributed by atoms with Gasteiger partial charge in [-0.1, -0.05) is 13.0 Å². The molecule has 6 heteroatoms. The van der Waals surface area contributed by atoms with Gasteiger partial charge in [0.2, 0.25) is 0 Å². The second-order valence-corrected chi connectivity index (χ2v) is 6.52. The number of nitrogens with zero attached hydrogens (tertiary/aromatic N) is 2. The molecule has 1 atom stereocenters.